The van der Waals surface area contributed by atoms with E-state index in [-0.39, 0.29) is 12.6 Å². The summed E-state index contributed by atoms with van der Waals surface area (Å²) in [5.41, 5.74) is 0. The summed E-state index contributed by atoms with van der Waals surface area (Å²) >= 11 is 0. The van der Waals surface area contributed by atoms with Crippen molar-refractivity contribution < 1.29 is 13.5 Å². The largest absolute Gasteiger partial charge is 0.379 e. The van der Waals surface area contributed by atoms with Crippen LogP contribution < -0.4 is 0 Å². The molecule has 1 rings (SSSR count). The van der Waals surface area contributed by atoms with Gasteiger partial charge >= 0.3 is 0 Å². The van der Waals surface area contributed by atoms with Gasteiger partial charge in [-0.1, -0.05) is 27.7 Å². The predicted octanol–water partition coefficient (Wildman–Crippen LogP) is 4.59. The molecule has 0 heterocycles. The molecule has 0 aromatic carbocycles. The van der Waals surface area contributed by atoms with Crippen LogP contribution in [-0.2, 0) is 4.74 Å². The molecular weight excluding hydrogens is 260 g/mol. The number of halogens is 2. The van der Waals surface area contributed by atoms with Gasteiger partial charge in [0.1, 0.15) is 0 Å². The Kier molecular flexibility index (Phi) is 10.4. The van der Waals surface area contributed by atoms with E-state index in [0.717, 1.165) is 12.8 Å². The normalized spacial score (nSPS) is 23.4. The van der Waals surface area contributed by atoms with Crippen molar-refractivity contribution in [2.24, 2.45) is 5.92 Å². The van der Waals surface area contributed by atoms with Crippen molar-refractivity contribution >= 4 is 0 Å². The topological polar surface area (TPSA) is 12.5 Å². The van der Waals surface area contributed by atoms with Crippen molar-refractivity contribution in [2.75, 3.05) is 26.2 Å². The molecule has 0 N–H and O–H groups in total. The van der Waals surface area contributed by atoms with Gasteiger partial charge in [0.2, 0.25) is 0 Å². The Bertz CT molecular complexity index is 225. The molecule has 0 radical (unpaired) electrons. The highest BCUT2D eigenvalue weighted by Crippen LogP contribution is 2.37. The maximum Gasteiger partial charge on any atom is 0.263 e. The summed E-state index contributed by atoms with van der Waals surface area (Å²) in [6, 6.07) is 0. The van der Waals surface area contributed by atoms with Gasteiger partial charge in [-0.3, -0.25) is 4.90 Å². The Balaban J connectivity index is 0.00000172. The smallest absolute Gasteiger partial charge is 0.263 e. The second kappa shape index (κ2) is 10.5. The minimum atomic E-state index is -2.55. The van der Waals surface area contributed by atoms with E-state index in [1.807, 2.05) is 39.5 Å². The number of alkyl halides is 2. The lowest BCUT2D eigenvalue weighted by atomic mass is 9.83. The first-order valence-corrected chi connectivity index (χ1v) is 8.25. The molecule has 0 atom stereocenters. The second-order valence-electron chi connectivity index (χ2n) is 5.15. The monoisotopic (exact) mass is 293 g/mol. The summed E-state index contributed by atoms with van der Waals surface area (Å²) in [5, 5.41) is 0. The van der Waals surface area contributed by atoms with E-state index < -0.39 is 11.8 Å². The highest BCUT2D eigenvalue weighted by Gasteiger charge is 2.42. The van der Waals surface area contributed by atoms with Crippen LogP contribution in [0.3, 0.4) is 0 Å². The SMILES string of the molecule is CC.CCOC1CCC(C(F)(F)CN(CC)CC)CC1. The van der Waals surface area contributed by atoms with Crippen LogP contribution in [0.25, 0.3) is 0 Å². The minimum absolute atomic E-state index is 0.0933. The number of ether oxygens (including phenoxy) is 1. The number of rotatable bonds is 7. The van der Waals surface area contributed by atoms with Gasteiger partial charge in [0.25, 0.3) is 5.92 Å². The van der Waals surface area contributed by atoms with Crippen molar-refractivity contribution in [3.8, 4) is 0 Å². The van der Waals surface area contributed by atoms with E-state index in [1.165, 1.54) is 0 Å². The van der Waals surface area contributed by atoms with Crippen LogP contribution in [0, 0.1) is 5.92 Å². The fourth-order valence-electron chi connectivity index (χ4n) is 2.76. The molecule has 1 aliphatic carbocycles. The highest BCUT2D eigenvalue weighted by molar-refractivity contribution is 4.85. The zero-order valence-electron chi connectivity index (χ0n) is 13.9. The van der Waals surface area contributed by atoms with Crippen LogP contribution >= 0.6 is 0 Å². The van der Waals surface area contributed by atoms with Crippen molar-refractivity contribution in [3.05, 3.63) is 0 Å². The summed E-state index contributed by atoms with van der Waals surface area (Å²) in [5.74, 6) is -3.02. The number of hydrogen-bond donors (Lipinski definition) is 0. The molecule has 0 saturated heterocycles. The summed E-state index contributed by atoms with van der Waals surface area (Å²) in [4.78, 5) is 1.81. The van der Waals surface area contributed by atoms with E-state index in [0.29, 0.717) is 32.5 Å². The van der Waals surface area contributed by atoms with Gasteiger partial charge in [-0.2, -0.15) is 0 Å². The van der Waals surface area contributed by atoms with E-state index in [2.05, 4.69) is 0 Å². The molecule has 0 aromatic rings. The van der Waals surface area contributed by atoms with Crippen LogP contribution in [0.15, 0.2) is 0 Å². The molecule has 4 heteroatoms. The Labute approximate surface area is 123 Å². The van der Waals surface area contributed by atoms with Gasteiger partial charge in [-0.15, -0.1) is 0 Å². The van der Waals surface area contributed by atoms with Crippen molar-refractivity contribution in [1.82, 2.24) is 4.90 Å². The molecule has 0 unspecified atom stereocenters. The first-order valence-electron chi connectivity index (χ1n) is 8.25. The third-order valence-corrected chi connectivity index (χ3v) is 4.00. The maximum atomic E-state index is 14.2. The number of nitrogens with zero attached hydrogens (tertiary/aromatic N) is 1. The fourth-order valence-corrected chi connectivity index (χ4v) is 2.76. The summed E-state index contributed by atoms with van der Waals surface area (Å²) < 4.78 is 33.8. The minimum Gasteiger partial charge on any atom is -0.379 e. The molecule has 122 valence electrons. The van der Waals surface area contributed by atoms with Gasteiger partial charge in [0, 0.05) is 12.5 Å². The van der Waals surface area contributed by atoms with Crippen LogP contribution in [0.2, 0.25) is 0 Å². The highest BCUT2D eigenvalue weighted by atomic mass is 19.3. The van der Waals surface area contributed by atoms with E-state index in [1.54, 1.807) is 0 Å². The lowest BCUT2D eigenvalue weighted by Gasteiger charge is -2.35. The molecule has 1 fully saturated rings. The Morgan fingerprint density at radius 1 is 1.00 bits per heavy atom. The van der Waals surface area contributed by atoms with Crippen LogP contribution in [0.4, 0.5) is 8.78 Å². The maximum absolute atomic E-state index is 14.2. The first kappa shape index (κ1) is 19.8. The molecule has 20 heavy (non-hydrogen) atoms. The Hall–Kier alpha value is -0.220. The fraction of sp³-hybridized carbons (Fsp3) is 1.00. The molecule has 0 spiro atoms. The van der Waals surface area contributed by atoms with Gasteiger partial charge in [-0.05, 0) is 45.7 Å². The molecule has 2 nitrogen and oxygen atoms in total. The van der Waals surface area contributed by atoms with Crippen LogP contribution in [-0.4, -0.2) is 43.2 Å². The molecule has 0 bridgehead atoms. The van der Waals surface area contributed by atoms with Gasteiger partial charge in [-0.25, -0.2) is 8.78 Å². The van der Waals surface area contributed by atoms with Crippen LogP contribution in [0.1, 0.15) is 60.3 Å². The zero-order chi connectivity index (χ0) is 15.6. The Morgan fingerprint density at radius 3 is 1.90 bits per heavy atom. The van der Waals surface area contributed by atoms with Crippen molar-refractivity contribution in [1.29, 1.82) is 0 Å². The van der Waals surface area contributed by atoms with Gasteiger partial charge in [0.05, 0.1) is 12.6 Å². The lowest BCUT2D eigenvalue weighted by Crippen LogP contribution is -2.43. The third kappa shape index (κ3) is 6.49. The second-order valence-corrected chi connectivity index (χ2v) is 5.15. The quantitative estimate of drug-likeness (QED) is 0.681. The first-order chi connectivity index (χ1) is 9.53. The molecule has 0 aromatic heterocycles. The average Bonchev–Trinajstić information content (AvgIpc) is 2.48. The molecule has 0 amide bonds. The molecule has 1 saturated carbocycles. The standard InChI is InChI=1S/C14H27F2NO.C2H6/c1-4-17(5-2)11-14(15,16)12-7-9-13(10-8-12)18-6-3;1-2/h12-13H,4-11H2,1-3H3;1-2H3. The average molecular weight is 293 g/mol. The molecule has 0 aliphatic heterocycles. The van der Waals surface area contributed by atoms with E-state index in [9.17, 15) is 8.78 Å². The summed E-state index contributed by atoms with van der Waals surface area (Å²) in [6.45, 7) is 11.8. The molecular formula is C16H33F2NO. The summed E-state index contributed by atoms with van der Waals surface area (Å²) in [7, 11) is 0. The van der Waals surface area contributed by atoms with Crippen molar-refractivity contribution in [3.63, 3.8) is 0 Å². The zero-order valence-corrected chi connectivity index (χ0v) is 13.9. The number of hydrogen-bond acceptors (Lipinski definition) is 2. The van der Waals surface area contributed by atoms with Gasteiger partial charge in [0.15, 0.2) is 0 Å². The van der Waals surface area contributed by atoms with Crippen molar-refractivity contribution in [2.45, 2.75) is 72.3 Å². The summed E-state index contributed by atoms with van der Waals surface area (Å²) in [6.07, 6.45) is 2.96. The predicted molar refractivity (Wildman–Crippen MR) is 81.5 cm³/mol. The third-order valence-electron chi connectivity index (χ3n) is 4.00. The molecule has 1 aliphatic rings. The van der Waals surface area contributed by atoms with Gasteiger partial charge < -0.3 is 4.74 Å². The Morgan fingerprint density at radius 2 is 1.50 bits per heavy atom. The van der Waals surface area contributed by atoms with E-state index in [4.69, 9.17) is 4.74 Å². The van der Waals surface area contributed by atoms with Crippen LogP contribution in [0.5, 0.6) is 0 Å². The lowest BCUT2D eigenvalue weighted by molar-refractivity contribution is -0.104. The van der Waals surface area contributed by atoms with E-state index >= 15 is 0 Å².